The fourth-order valence-corrected chi connectivity index (χ4v) is 3.74. The van der Waals surface area contributed by atoms with Gasteiger partial charge in [0, 0.05) is 5.69 Å². The molecule has 19 heavy (non-hydrogen) atoms. The summed E-state index contributed by atoms with van der Waals surface area (Å²) in [7, 11) is -3.66. The number of sulfonamides is 1. The summed E-state index contributed by atoms with van der Waals surface area (Å²) in [5.74, 6) is 2.42. The molecule has 0 saturated heterocycles. The summed E-state index contributed by atoms with van der Waals surface area (Å²) in [4.78, 5) is 0.235. The first-order valence-corrected chi connectivity index (χ1v) is 7.57. The van der Waals surface area contributed by atoms with E-state index in [2.05, 4.69) is 10.6 Å². The molecule has 0 saturated carbocycles. The molecule has 0 aliphatic heterocycles. The lowest BCUT2D eigenvalue weighted by molar-refractivity contribution is 0.569. The molecule has 1 aromatic carbocycles. The molecule has 4 nitrogen and oxygen atoms in total. The molecular formula is C14H20N2O2S. The largest absolute Gasteiger partial charge is 0.398 e. The maximum Gasteiger partial charge on any atom is 0.242 e. The van der Waals surface area contributed by atoms with Crippen molar-refractivity contribution < 1.29 is 8.42 Å². The maximum absolute atomic E-state index is 12.4. The molecular weight excluding hydrogens is 260 g/mol. The molecule has 0 bridgehead atoms. The third-order valence-electron chi connectivity index (χ3n) is 3.25. The van der Waals surface area contributed by atoms with Gasteiger partial charge in [0.25, 0.3) is 0 Å². The van der Waals surface area contributed by atoms with Crippen molar-refractivity contribution in [1.82, 2.24) is 4.72 Å². The molecule has 104 valence electrons. The molecule has 5 heteroatoms. The van der Waals surface area contributed by atoms with E-state index >= 15 is 0 Å². The maximum atomic E-state index is 12.4. The van der Waals surface area contributed by atoms with E-state index in [0.717, 1.165) is 5.56 Å². The highest BCUT2D eigenvalue weighted by Crippen LogP contribution is 2.27. The van der Waals surface area contributed by atoms with Crippen molar-refractivity contribution in [3.05, 3.63) is 22.8 Å². The summed E-state index contributed by atoms with van der Waals surface area (Å²) >= 11 is 0. The molecule has 0 fully saturated rings. The lowest BCUT2D eigenvalue weighted by Gasteiger charge is -2.18. The molecule has 0 amide bonds. The lowest BCUT2D eigenvalue weighted by Crippen LogP contribution is -2.34. The Kier molecular flexibility index (Phi) is 4.61. The first-order valence-electron chi connectivity index (χ1n) is 6.09. The number of nitrogens with two attached hydrogens (primary N) is 1. The van der Waals surface area contributed by atoms with E-state index in [-0.39, 0.29) is 4.90 Å². The summed E-state index contributed by atoms with van der Waals surface area (Å²) < 4.78 is 27.4. The summed E-state index contributed by atoms with van der Waals surface area (Å²) in [6.45, 7) is 7.14. The Morgan fingerprint density at radius 1 is 1.37 bits per heavy atom. The average Bonchev–Trinajstić information content (AvgIpc) is 2.33. The summed E-state index contributed by atoms with van der Waals surface area (Å²) in [6, 6.07) is 1.27. The van der Waals surface area contributed by atoms with Gasteiger partial charge in [-0.25, -0.2) is 8.42 Å². The second-order valence-electron chi connectivity index (χ2n) is 4.61. The molecule has 1 aromatic rings. The van der Waals surface area contributed by atoms with Crippen LogP contribution in [-0.4, -0.2) is 14.5 Å². The first kappa shape index (κ1) is 15.5. The summed E-state index contributed by atoms with van der Waals surface area (Å²) in [6.07, 6.45) is 5.84. The van der Waals surface area contributed by atoms with Gasteiger partial charge >= 0.3 is 0 Å². The highest BCUT2D eigenvalue weighted by Gasteiger charge is 2.24. The van der Waals surface area contributed by atoms with E-state index in [9.17, 15) is 8.42 Å². The Morgan fingerprint density at radius 3 is 2.42 bits per heavy atom. The van der Waals surface area contributed by atoms with Crippen molar-refractivity contribution in [3.8, 4) is 12.3 Å². The molecule has 0 heterocycles. The fraction of sp³-hybridized carbons (Fsp3) is 0.429. The zero-order valence-corrected chi connectivity index (χ0v) is 12.6. The summed E-state index contributed by atoms with van der Waals surface area (Å²) in [5.41, 5.74) is 8.42. The van der Waals surface area contributed by atoms with Gasteiger partial charge in [-0.3, -0.25) is 0 Å². The van der Waals surface area contributed by atoms with Gasteiger partial charge < -0.3 is 5.73 Å². The number of terminal acetylenes is 1. The van der Waals surface area contributed by atoms with Crippen molar-refractivity contribution in [3.63, 3.8) is 0 Å². The standard InChI is InChI=1S/C14H20N2O2S/c1-6-12(7-2)16-19(17,18)14-10(4)9(3)8-13(15)11(14)5/h1,8,12,16H,7,15H2,2-5H3. The quantitative estimate of drug-likeness (QED) is 0.653. The van der Waals surface area contributed by atoms with Gasteiger partial charge in [-0.1, -0.05) is 12.8 Å². The van der Waals surface area contributed by atoms with E-state index < -0.39 is 16.1 Å². The van der Waals surface area contributed by atoms with Gasteiger partial charge in [0.2, 0.25) is 10.0 Å². The van der Waals surface area contributed by atoms with E-state index in [1.807, 2.05) is 13.8 Å². The smallest absolute Gasteiger partial charge is 0.242 e. The van der Waals surface area contributed by atoms with Gasteiger partial charge in [0.1, 0.15) is 0 Å². The van der Waals surface area contributed by atoms with Gasteiger partial charge in [-0.05, 0) is 49.9 Å². The number of nitrogens with one attached hydrogen (secondary N) is 1. The molecule has 3 N–H and O–H groups in total. The van der Waals surface area contributed by atoms with E-state index in [1.54, 1.807) is 19.9 Å². The van der Waals surface area contributed by atoms with Crippen LogP contribution in [0.25, 0.3) is 0 Å². The van der Waals surface area contributed by atoms with Crippen LogP contribution in [0, 0.1) is 33.1 Å². The van der Waals surface area contributed by atoms with Crippen LogP contribution < -0.4 is 10.5 Å². The Morgan fingerprint density at radius 2 is 1.95 bits per heavy atom. The minimum absolute atomic E-state index is 0.235. The number of nitrogen functional groups attached to an aromatic ring is 1. The zero-order chi connectivity index (χ0) is 14.8. The first-order chi connectivity index (χ1) is 8.74. The van der Waals surface area contributed by atoms with Crippen LogP contribution in [0.1, 0.15) is 30.0 Å². The second-order valence-corrected chi connectivity index (χ2v) is 6.26. The molecule has 1 atom stereocenters. The number of hydrogen-bond acceptors (Lipinski definition) is 3. The van der Waals surface area contributed by atoms with E-state index in [1.165, 1.54) is 0 Å². The molecule has 0 aliphatic rings. The topological polar surface area (TPSA) is 72.2 Å². The van der Waals surface area contributed by atoms with Crippen LogP contribution in [0.4, 0.5) is 5.69 Å². The third-order valence-corrected chi connectivity index (χ3v) is 5.00. The van der Waals surface area contributed by atoms with Crippen LogP contribution in [0.5, 0.6) is 0 Å². The third kappa shape index (κ3) is 3.09. The van der Waals surface area contributed by atoms with Gasteiger partial charge in [-0.15, -0.1) is 6.42 Å². The molecule has 1 unspecified atom stereocenters. The van der Waals surface area contributed by atoms with E-state index in [4.69, 9.17) is 12.2 Å². The molecule has 0 spiro atoms. The minimum Gasteiger partial charge on any atom is -0.398 e. The highest BCUT2D eigenvalue weighted by molar-refractivity contribution is 7.89. The number of rotatable bonds is 4. The van der Waals surface area contributed by atoms with Crippen LogP contribution in [0.2, 0.25) is 0 Å². The Hall–Kier alpha value is -1.51. The van der Waals surface area contributed by atoms with Gasteiger partial charge in [0.05, 0.1) is 10.9 Å². The lowest BCUT2D eigenvalue weighted by atomic mass is 10.1. The Bertz CT molecular complexity index is 602. The van der Waals surface area contributed by atoms with E-state index in [0.29, 0.717) is 23.2 Å². The van der Waals surface area contributed by atoms with Crippen LogP contribution >= 0.6 is 0 Å². The zero-order valence-electron chi connectivity index (χ0n) is 11.7. The van der Waals surface area contributed by atoms with Crippen LogP contribution in [0.3, 0.4) is 0 Å². The Balaban J connectivity index is 3.42. The SMILES string of the molecule is C#CC(CC)NS(=O)(=O)c1c(C)c(C)cc(N)c1C. The normalized spacial score (nSPS) is 13.0. The van der Waals surface area contributed by atoms with Crippen molar-refractivity contribution in [2.45, 2.75) is 45.1 Å². The van der Waals surface area contributed by atoms with Crippen molar-refractivity contribution in [1.29, 1.82) is 0 Å². The minimum atomic E-state index is -3.66. The Labute approximate surface area is 115 Å². The molecule has 1 rings (SSSR count). The number of anilines is 1. The van der Waals surface area contributed by atoms with Gasteiger partial charge in [-0.2, -0.15) is 4.72 Å². The second kappa shape index (κ2) is 5.64. The monoisotopic (exact) mass is 280 g/mol. The van der Waals surface area contributed by atoms with Crippen LogP contribution in [-0.2, 0) is 10.0 Å². The average molecular weight is 280 g/mol. The number of benzene rings is 1. The van der Waals surface area contributed by atoms with Crippen LogP contribution in [0.15, 0.2) is 11.0 Å². The predicted molar refractivity (Wildman–Crippen MR) is 78.3 cm³/mol. The van der Waals surface area contributed by atoms with Crippen molar-refractivity contribution >= 4 is 15.7 Å². The summed E-state index contributed by atoms with van der Waals surface area (Å²) in [5, 5.41) is 0. The molecule has 0 aromatic heterocycles. The number of hydrogen-bond donors (Lipinski definition) is 2. The molecule has 0 aliphatic carbocycles. The van der Waals surface area contributed by atoms with Gasteiger partial charge in [0.15, 0.2) is 0 Å². The predicted octanol–water partition coefficient (Wildman–Crippen LogP) is 1.88. The number of aryl methyl sites for hydroxylation is 1. The fourth-order valence-electron chi connectivity index (χ4n) is 1.93. The van der Waals surface area contributed by atoms with Crippen molar-refractivity contribution in [2.24, 2.45) is 0 Å². The highest BCUT2D eigenvalue weighted by atomic mass is 32.2. The molecule has 0 radical (unpaired) electrons. The van der Waals surface area contributed by atoms with Crippen molar-refractivity contribution in [2.75, 3.05) is 5.73 Å².